The van der Waals surface area contributed by atoms with Crippen LogP contribution in [0.5, 0.6) is 0 Å². The van der Waals surface area contributed by atoms with Gasteiger partial charge in [0.1, 0.15) is 6.61 Å². The lowest BCUT2D eigenvalue weighted by Gasteiger charge is -2.09. The van der Waals surface area contributed by atoms with Gasteiger partial charge < -0.3 is 14.7 Å². The van der Waals surface area contributed by atoms with Gasteiger partial charge in [0.15, 0.2) is 0 Å². The number of esters is 1. The molecule has 0 aliphatic rings. The quantitative estimate of drug-likeness (QED) is 0.194. The van der Waals surface area contributed by atoms with Crippen LogP contribution in [0.15, 0.2) is 0 Å². The number of carboxylic acids is 1. The Morgan fingerprint density at radius 1 is 0.724 bits per heavy atom. The van der Waals surface area contributed by atoms with Crippen LogP contribution in [0.3, 0.4) is 0 Å². The van der Waals surface area contributed by atoms with Crippen LogP contribution >= 0.6 is 0 Å². The van der Waals surface area contributed by atoms with Crippen LogP contribution in [-0.4, -0.2) is 49.2 Å². The van der Waals surface area contributed by atoms with Gasteiger partial charge in [0, 0.05) is 19.9 Å². The molecule has 0 saturated carbocycles. The SMILES string of the molecule is CC(=O)O.CCCCCCCCCCCCCCCCCC(=O)OCCN(C)C. The van der Waals surface area contributed by atoms with E-state index in [1.807, 2.05) is 19.0 Å². The number of aliphatic carboxylic acids is 1. The number of carbonyl (C=O) groups excluding carboxylic acids is 1. The van der Waals surface area contributed by atoms with Gasteiger partial charge in [-0.15, -0.1) is 0 Å². The fourth-order valence-electron chi connectivity index (χ4n) is 3.05. The lowest BCUT2D eigenvalue weighted by Crippen LogP contribution is -2.20. The van der Waals surface area contributed by atoms with Crippen molar-refractivity contribution in [1.82, 2.24) is 4.90 Å². The molecular formula is C24H49NO4. The molecule has 29 heavy (non-hydrogen) atoms. The van der Waals surface area contributed by atoms with Crippen molar-refractivity contribution in [2.24, 2.45) is 0 Å². The third-order valence-corrected chi connectivity index (χ3v) is 4.79. The van der Waals surface area contributed by atoms with E-state index in [9.17, 15) is 4.79 Å². The molecule has 5 nitrogen and oxygen atoms in total. The van der Waals surface area contributed by atoms with Gasteiger partial charge in [-0.3, -0.25) is 9.59 Å². The first kappa shape index (κ1) is 30.1. The van der Waals surface area contributed by atoms with Gasteiger partial charge in [-0.05, 0) is 20.5 Å². The molecule has 0 aliphatic heterocycles. The zero-order valence-corrected chi connectivity index (χ0v) is 19.8. The summed E-state index contributed by atoms with van der Waals surface area (Å²) in [6.07, 6.45) is 20.9. The molecule has 5 heteroatoms. The molecule has 0 bridgehead atoms. The molecule has 1 N–H and O–H groups in total. The highest BCUT2D eigenvalue weighted by molar-refractivity contribution is 5.69. The number of likely N-dealkylation sites (N-methyl/N-ethyl adjacent to an activating group) is 1. The summed E-state index contributed by atoms with van der Waals surface area (Å²) in [6.45, 7) is 4.69. The number of nitrogens with zero attached hydrogens (tertiary/aromatic N) is 1. The molecule has 0 aromatic heterocycles. The monoisotopic (exact) mass is 415 g/mol. The van der Waals surface area contributed by atoms with Crippen molar-refractivity contribution in [2.45, 2.75) is 117 Å². The van der Waals surface area contributed by atoms with Gasteiger partial charge in [-0.25, -0.2) is 0 Å². The van der Waals surface area contributed by atoms with E-state index >= 15 is 0 Å². The molecule has 0 atom stereocenters. The molecule has 0 fully saturated rings. The minimum absolute atomic E-state index is 0.0310. The number of carbonyl (C=O) groups is 2. The van der Waals surface area contributed by atoms with Crippen molar-refractivity contribution in [3.05, 3.63) is 0 Å². The minimum Gasteiger partial charge on any atom is -0.481 e. The first-order chi connectivity index (χ1) is 13.9. The van der Waals surface area contributed by atoms with Gasteiger partial charge in [-0.1, -0.05) is 96.8 Å². The van der Waals surface area contributed by atoms with E-state index in [2.05, 4.69) is 6.92 Å². The molecule has 0 aliphatic carbocycles. The molecule has 0 aromatic carbocycles. The highest BCUT2D eigenvalue weighted by atomic mass is 16.5. The standard InChI is InChI=1S/C22H45NO2.C2H4O2/c1-4-5-6-7-8-9-10-11-12-13-14-15-16-17-18-19-22(24)25-21-20-23(2)3;1-2(3)4/h4-21H2,1-3H3;1H3,(H,3,4). The van der Waals surface area contributed by atoms with Crippen molar-refractivity contribution in [3.63, 3.8) is 0 Å². The molecule has 0 rings (SSSR count). The molecule has 0 heterocycles. The summed E-state index contributed by atoms with van der Waals surface area (Å²) in [6, 6.07) is 0. The predicted octanol–water partition coefficient (Wildman–Crippen LogP) is 6.44. The van der Waals surface area contributed by atoms with E-state index in [4.69, 9.17) is 14.6 Å². The third-order valence-electron chi connectivity index (χ3n) is 4.79. The Hall–Kier alpha value is -1.10. The number of unbranched alkanes of at least 4 members (excludes halogenated alkanes) is 14. The highest BCUT2D eigenvalue weighted by Gasteiger charge is 2.02. The Morgan fingerprint density at radius 3 is 1.41 bits per heavy atom. The second-order valence-corrected chi connectivity index (χ2v) is 8.24. The lowest BCUT2D eigenvalue weighted by atomic mass is 10.0. The van der Waals surface area contributed by atoms with Crippen molar-refractivity contribution < 1.29 is 19.4 Å². The molecular weight excluding hydrogens is 366 g/mol. The summed E-state index contributed by atoms with van der Waals surface area (Å²) in [5.41, 5.74) is 0. The first-order valence-corrected chi connectivity index (χ1v) is 11.9. The summed E-state index contributed by atoms with van der Waals surface area (Å²) >= 11 is 0. The van der Waals surface area contributed by atoms with E-state index in [0.717, 1.165) is 19.9 Å². The minimum atomic E-state index is -0.833. The average molecular weight is 416 g/mol. The van der Waals surface area contributed by atoms with Crippen molar-refractivity contribution >= 4 is 11.9 Å². The van der Waals surface area contributed by atoms with Gasteiger partial charge in [0.2, 0.25) is 0 Å². The van der Waals surface area contributed by atoms with E-state index in [0.29, 0.717) is 13.0 Å². The Labute approximate surface area is 180 Å². The number of ether oxygens (including phenoxy) is 1. The second kappa shape index (κ2) is 24.9. The summed E-state index contributed by atoms with van der Waals surface area (Å²) < 4.78 is 5.19. The van der Waals surface area contributed by atoms with Crippen LogP contribution < -0.4 is 0 Å². The van der Waals surface area contributed by atoms with E-state index < -0.39 is 5.97 Å². The summed E-state index contributed by atoms with van der Waals surface area (Å²) in [4.78, 5) is 22.5. The van der Waals surface area contributed by atoms with Gasteiger partial charge in [0.05, 0.1) is 0 Å². The Bertz CT molecular complexity index is 355. The maximum atomic E-state index is 11.5. The molecule has 0 spiro atoms. The van der Waals surface area contributed by atoms with Crippen LogP contribution in [0.1, 0.15) is 117 Å². The highest BCUT2D eigenvalue weighted by Crippen LogP contribution is 2.13. The van der Waals surface area contributed by atoms with E-state index in [1.165, 1.54) is 89.9 Å². The fourth-order valence-corrected chi connectivity index (χ4v) is 3.05. The van der Waals surface area contributed by atoms with Gasteiger partial charge >= 0.3 is 5.97 Å². The van der Waals surface area contributed by atoms with Crippen LogP contribution in [0, 0.1) is 0 Å². The number of hydrogen-bond acceptors (Lipinski definition) is 4. The van der Waals surface area contributed by atoms with E-state index in [1.54, 1.807) is 0 Å². The normalized spacial score (nSPS) is 10.5. The largest absolute Gasteiger partial charge is 0.481 e. The Kier molecular flexibility index (Phi) is 25.9. The van der Waals surface area contributed by atoms with Crippen LogP contribution in [0.25, 0.3) is 0 Å². The van der Waals surface area contributed by atoms with Gasteiger partial charge in [-0.2, -0.15) is 0 Å². The maximum Gasteiger partial charge on any atom is 0.305 e. The van der Waals surface area contributed by atoms with E-state index in [-0.39, 0.29) is 5.97 Å². The summed E-state index contributed by atoms with van der Waals surface area (Å²) in [5.74, 6) is -0.864. The molecule has 0 saturated heterocycles. The predicted molar refractivity (Wildman–Crippen MR) is 122 cm³/mol. The smallest absolute Gasteiger partial charge is 0.305 e. The molecule has 0 aromatic rings. The molecule has 0 radical (unpaired) electrons. The topological polar surface area (TPSA) is 66.8 Å². The van der Waals surface area contributed by atoms with Gasteiger partial charge in [0.25, 0.3) is 5.97 Å². The van der Waals surface area contributed by atoms with Crippen molar-refractivity contribution in [2.75, 3.05) is 27.2 Å². The number of rotatable bonds is 19. The zero-order chi connectivity index (χ0) is 22.2. The van der Waals surface area contributed by atoms with Crippen LogP contribution in [-0.2, 0) is 14.3 Å². The second-order valence-electron chi connectivity index (χ2n) is 8.24. The first-order valence-electron chi connectivity index (χ1n) is 11.9. The van der Waals surface area contributed by atoms with Crippen molar-refractivity contribution in [1.29, 1.82) is 0 Å². The maximum absolute atomic E-state index is 11.5. The summed E-state index contributed by atoms with van der Waals surface area (Å²) in [5, 5.41) is 7.42. The molecule has 0 amide bonds. The third kappa shape index (κ3) is 34.8. The number of carboxylic acid groups (broad SMARTS) is 1. The van der Waals surface area contributed by atoms with Crippen LogP contribution in [0.2, 0.25) is 0 Å². The Balaban J connectivity index is 0. The average Bonchev–Trinajstić information content (AvgIpc) is 2.64. The number of hydrogen-bond donors (Lipinski definition) is 1. The molecule has 0 unspecified atom stereocenters. The lowest BCUT2D eigenvalue weighted by molar-refractivity contribution is -0.144. The zero-order valence-electron chi connectivity index (χ0n) is 19.8. The molecule has 174 valence electrons. The van der Waals surface area contributed by atoms with Crippen molar-refractivity contribution in [3.8, 4) is 0 Å². The fraction of sp³-hybridized carbons (Fsp3) is 0.917. The van der Waals surface area contributed by atoms with Crippen LogP contribution in [0.4, 0.5) is 0 Å². The summed E-state index contributed by atoms with van der Waals surface area (Å²) in [7, 11) is 3.98. The Morgan fingerprint density at radius 2 is 1.07 bits per heavy atom.